The van der Waals surface area contributed by atoms with E-state index in [2.05, 4.69) is 30.7 Å². The van der Waals surface area contributed by atoms with E-state index in [1.807, 2.05) is 35.2 Å². The molecule has 1 amide bonds. The van der Waals surface area contributed by atoms with Crippen LogP contribution >= 0.6 is 0 Å². The number of benzene rings is 1. The van der Waals surface area contributed by atoms with Crippen LogP contribution in [0.25, 0.3) is 10.9 Å². The summed E-state index contributed by atoms with van der Waals surface area (Å²) in [4.78, 5) is 23.9. The first-order valence-corrected chi connectivity index (χ1v) is 8.55. The molecule has 25 heavy (non-hydrogen) atoms. The van der Waals surface area contributed by atoms with E-state index < -0.39 is 0 Å². The predicted molar refractivity (Wildman–Crippen MR) is 95.4 cm³/mol. The Balaban J connectivity index is 1.65. The van der Waals surface area contributed by atoms with Crippen molar-refractivity contribution in [2.75, 3.05) is 6.54 Å². The van der Waals surface area contributed by atoms with Gasteiger partial charge in [0.2, 0.25) is 0 Å². The zero-order valence-corrected chi connectivity index (χ0v) is 14.7. The number of rotatable bonds is 1. The molecule has 5 heteroatoms. The number of amides is 1. The molecule has 1 aromatic carbocycles. The molecule has 0 radical (unpaired) electrons. The van der Waals surface area contributed by atoms with E-state index >= 15 is 0 Å². The molecule has 0 aliphatic carbocycles. The number of pyridine rings is 1. The van der Waals surface area contributed by atoms with E-state index in [1.54, 1.807) is 6.20 Å². The first-order chi connectivity index (χ1) is 11.9. The number of fused-ring (bicyclic) bond motifs is 2. The topological polar surface area (TPSA) is 59.2 Å². The second kappa shape index (κ2) is 5.69. The van der Waals surface area contributed by atoms with Crippen LogP contribution in [0.3, 0.4) is 0 Å². The van der Waals surface area contributed by atoms with Crippen molar-refractivity contribution in [3.8, 4) is 0 Å². The maximum Gasteiger partial charge on any atom is 0.256 e. The summed E-state index contributed by atoms with van der Waals surface area (Å²) < 4.78 is 5.91. The van der Waals surface area contributed by atoms with Crippen molar-refractivity contribution in [3.05, 3.63) is 59.4 Å². The maximum absolute atomic E-state index is 13.1. The molecule has 0 atom stereocenters. The quantitative estimate of drug-likeness (QED) is 0.680. The van der Waals surface area contributed by atoms with Gasteiger partial charge in [-0.1, -0.05) is 39.0 Å². The van der Waals surface area contributed by atoms with Crippen molar-refractivity contribution in [2.45, 2.75) is 39.2 Å². The van der Waals surface area contributed by atoms with Crippen LogP contribution in [0.5, 0.6) is 0 Å². The number of carbonyl (C=O) groups is 1. The zero-order chi connectivity index (χ0) is 17.6. The summed E-state index contributed by atoms with van der Waals surface area (Å²) in [5.41, 5.74) is 2.13. The van der Waals surface area contributed by atoms with Gasteiger partial charge in [0.25, 0.3) is 5.91 Å². The Morgan fingerprint density at radius 3 is 2.80 bits per heavy atom. The summed E-state index contributed by atoms with van der Waals surface area (Å²) in [5.74, 6) is 1.64. The smallest absolute Gasteiger partial charge is 0.256 e. The Morgan fingerprint density at radius 2 is 2.00 bits per heavy atom. The molecule has 0 bridgehead atoms. The zero-order valence-electron chi connectivity index (χ0n) is 14.7. The summed E-state index contributed by atoms with van der Waals surface area (Å²) >= 11 is 0. The minimum absolute atomic E-state index is 0.00439. The molecular weight excluding hydrogens is 314 g/mol. The van der Waals surface area contributed by atoms with Gasteiger partial charge in [0.1, 0.15) is 11.5 Å². The number of aromatic nitrogens is 2. The van der Waals surface area contributed by atoms with Gasteiger partial charge in [-0.3, -0.25) is 9.78 Å². The number of hydrogen-bond acceptors (Lipinski definition) is 4. The lowest BCUT2D eigenvalue weighted by Crippen LogP contribution is -2.36. The molecule has 0 N–H and O–H groups in total. The van der Waals surface area contributed by atoms with Crippen LogP contribution in [0, 0.1) is 0 Å². The van der Waals surface area contributed by atoms with Crippen molar-refractivity contribution in [3.63, 3.8) is 0 Å². The lowest BCUT2D eigenvalue weighted by molar-refractivity contribution is 0.0729. The van der Waals surface area contributed by atoms with Crippen molar-refractivity contribution in [1.29, 1.82) is 0 Å². The summed E-state index contributed by atoms with van der Waals surface area (Å²) in [6.45, 7) is 7.35. The van der Waals surface area contributed by atoms with Gasteiger partial charge in [0, 0.05) is 30.0 Å². The molecule has 4 rings (SSSR count). The van der Waals surface area contributed by atoms with Gasteiger partial charge in [0.15, 0.2) is 5.89 Å². The Kier molecular flexibility index (Phi) is 3.60. The Labute approximate surface area is 146 Å². The van der Waals surface area contributed by atoms with Gasteiger partial charge in [0.05, 0.1) is 17.6 Å². The monoisotopic (exact) mass is 335 g/mol. The van der Waals surface area contributed by atoms with Gasteiger partial charge in [-0.2, -0.15) is 0 Å². The summed E-state index contributed by atoms with van der Waals surface area (Å²) in [6.07, 6.45) is 2.42. The fraction of sp³-hybridized carbons (Fsp3) is 0.350. The van der Waals surface area contributed by atoms with Crippen LogP contribution < -0.4 is 0 Å². The Hall–Kier alpha value is -2.69. The van der Waals surface area contributed by atoms with Crippen LogP contribution in [-0.2, 0) is 18.4 Å². The molecule has 0 unspecified atom stereocenters. The molecule has 3 aromatic rings. The van der Waals surface area contributed by atoms with Gasteiger partial charge in [-0.25, -0.2) is 4.98 Å². The molecule has 0 fully saturated rings. The lowest BCUT2D eigenvalue weighted by Gasteiger charge is -2.25. The molecule has 128 valence electrons. The predicted octanol–water partition coefficient (Wildman–Crippen LogP) is 3.72. The van der Waals surface area contributed by atoms with Gasteiger partial charge >= 0.3 is 0 Å². The van der Waals surface area contributed by atoms with Crippen LogP contribution in [-0.4, -0.2) is 27.3 Å². The molecule has 5 nitrogen and oxygen atoms in total. The fourth-order valence-electron chi connectivity index (χ4n) is 3.14. The number of para-hydroxylation sites is 1. The molecule has 1 aliphatic heterocycles. The van der Waals surface area contributed by atoms with E-state index in [9.17, 15) is 4.79 Å². The largest absolute Gasteiger partial charge is 0.445 e. The SMILES string of the molecule is CC(C)(C)c1nc2c(o1)CCN(C(=O)c1cccc3cccnc13)C2. The van der Waals surface area contributed by atoms with E-state index in [-0.39, 0.29) is 11.3 Å². The number of carbonyl (C=O) groups excluding carboxylic acids is 1. The first kappa shape index (κ1) is 15.8. The third-order valence-corrected chi connectivity index (χ3v) is 4.52. The summed E-state index contributed by atoms with van der Waals surface area (Å²) in [5, 5.41) is 0.975. The van der Waals surface area contributed by atoms with Gasteiger partial charge in [-0.05, 0) is 12.1 Å². The normalized spacial score (nSPS) is 14.6. The number of oxazole rings is 1. The van der Waals surface area contributed by atoms with Crippen molar-refractivity contribution >= 4 is 16.8 Å². The average Bonchev–Trinajstić information content (AvgIpc) is 3.04. The van der Waals surface area contributed by atoms with Crippen LogP contribution in [0.4, 0.5) is 0 Å². The minimum Gasteiger partial charge on any atom is -0.445 e. The van der Waals surface area contributed by atoms with Gasteiger partial charge < -0.3 is 9.32 Å². The van der Waals surface area contributed by atoms with Crippen molar-refractivity contribution in [1.82, 2.24) is 14.9 Å². The van der Waals surface area contributed by atoms with Crippen LogP contribution in [0.2, 0.25) is 0 Å². The third-order valence-electron chi connectivity index (χ3n) is 4.52. The fourth-order valence-corrected chi connectivity index (χ4v) is 3.14. The third kappa shape index (κ3) is 2.80. The standard InChI is InChI=1S/C20H21N3O2/c1-20(2,3)19-22-15-12-23(11-9-16(15)25-19)18(24)14-8-4-6-13-7-5-10-21-17(13)14/h4-8,10H,9,11-12H2,1-3H3. The lowest BCUT2D eigenvalue weighted by atomic mass is 9.97. The number of nitrogens with zero attached hydrogens (tertiary/aromatic N) is 3. The van der Waals surface area contributed by atoms with E-state index in [0.29, 0.717) is 25.1 Å². The maximum atomic E-state index is 13.1. The molecule has 0 saturated heterocycles. The highest BCUT2D eigenvalue weighted by molar-refractivity contribution is 6.05. The number of hydrogen-bond donors (Lipinski definition) is 0. The minimum atomic E-state index is -0.133. The molecular formula is C20H21N3O2. The highest BCUT2D eigenvalue weighted by Crippen LogP contribution is 2.28. The molecule has 3 heterocycles. The molecule has 1 aliphatic rings. The van der Waals surface area contributed by atoms with Crippen LogP contribution in [0.1, 0.15) is 48.5 Å². The van der Waals surface area contributed by atoms with Crippen LogP contribution in [0.15, 0.2) is 40.9 Å². The average molecular weight is 335 g/mol. The second-order valence-electron chi connectivity index (χ2n) is 7.50. The molecule has 0 saturated carbocycles. The van der Waals surface area contributed by atoms with E-state index in [4.69, 9.17) is 4.42 Å². The summed E-state index contributed by atoms with van der Waals surface area (Å²) in [6, 6.07) is 9.57. The first-order valence-electron chi connectivity index (χ1n) is 8.55. The second-order valence-corrected chi connectivity index (χ2v) is 7.50. The Bertz CT molecular complexity index is 948. The van der Waals surface area contributed by atoms with E-state index in [1.165, 1.54) is 0 Å². The Morgan fingerprint density at radius 1 is 1.20 bits per heavy atom. The molecule has 0 spiro atoms. The van der Waals surface area contributed by atoms with Crippen molar-refractivity contribution < 1.29 is 9.21 Å². The summed E-state index contributed by atoms with van der Waals surface area (Å²) in [7, 11) is 0. The van der Waals surface area contributed by atoms with Crippen molar-refractivity contribution in [2.24, 2.45) is 0 Å². The van der Waals surface area contributed by atoms with Gasteiger partial charge in [-0.15, -0.1) is 0 Å². The highest BCUT2D eigenvalue weighted by Gasteiger charge is 2.30. The highest BCUT2D eigenvalue weighted by atomic mass is 16.4. The van der Waals surface area contributed by atoms with E-state index in [0.717, 1.165) is 28.2 Å². The molecule has 2 aromatic heterocycles.